The average molecular weight is 253 g/mol. The molecule has 19 heavy (non-hydrogen) atoms. The Bertz CT molecular complexity index is 746. The van der Waals surface area contributed by atoms with E-state index in [9.17, 15) is 4.79 Å². The molecule has 2 aromatic heterocycles. The Morgan fingerprint density at radius 1 is 1.21 bits per heavy atom. The molecule has 4 heteroatoms. The summed E-state index contributed by atoms with van der Waals surface area (Å²) in [4.78, 5) is 16.6. The summed E-state index contributed by atoms with van der Waals surface area (Å²) < 4.78 is 10.5. The van der Waals surface area contributed by atoms with E-state index < -0.39 is 0 Å². The largest absolute Gasteiger partial charge is 0.494 e. The number of hydrogen-bond acceptors (Lipinski definition) is 4. The molecule has 0 unspecified atom stereocenters. The summed E-state index contributed by atoms with van der Waals surface area (Å²) in [5.74, 6) is 0.250. The molecule has 0 saturated carbocycles. The van der Waals surface area contributed by atoms with Gasteiger partial charge in [-0.15, -0.1) is 0 Å². The Labute approximate surface area is 109 Å². The summed E-state index contributed by atoms with van der Waals surface area (Å²) in [6, 6.07) is 10.8. The standard InChI is InChI=1S/C15H11NO3/c1-18-13-7-4-8-16-14(13)15(17)11-9-19-12-6-3-2-5-10(11)12/h2-9H,1H3. The van der Waals surface area contributed by atoms with Crippen molar-refractivity contribution in [2.45, 2.75) is 0 Å². The maximum Gasteiger partial charge on any atom is 0.219 e. The zero-order valence-corrected chi connectivity index (χ0v) is 10.3. The minimum atomic E-state index is -0.206. The van der Waals surface area contributed by atoms with Crippen molar-refractivity contribution in [2.24, 2.45) is 0 Å². The van der Waals surface area contributed by atoms with Crippen LogP contribution >= 0.6 is 0 Å². The molecule has 0 spiro atoms. The number of aromatic nitrogens is 1. The lowest BCUT2D eigenvalue weighted by Crippen LogP contribution is -2.05. The molecule has 0 amide bonds. The van der Waals surface area contributed by atoms with Crippen LogP contribution in [0.25, 0.3) is 11.0 Å². The lowest BCUT2D eigenvalue weighted by atomic mass is 10.1. The smallest absolute Gasteiger partial charge is 0.219 e. The molecule has 94 valence electrons. The number of ketones is 1. The van der Waals surface area contributed by atoms with Crippen molar-refractivity contribution in [1.29, 1.82) is 0 Å². The van der Waals surface area contributed by atoms with Gasteiger partial charge in [-0.3, -0.25) is 4.79 Å². The van der Waals surface area contributed by atoms with Crippen molar-refractivity contribution in [3.63, 3.8) is 0 Å². The molecular formula is C15H11NO3. The number of fused-ring (bicyclic) bond motifs is 1. The zero-order chi connectivity index (χ0) is 13.2. The highest BCUT2D eigenvalue weighted by molar-refractivity contribution is 6.16. The molecule has 3 aromatic rings. The highest BCUT2D eigenvalue weighted by atomic mass is 16.5. The molecule has 0 fully saturated rings. The van der Waals surface area contributed by atoms with Crippen molar-refractivity contribution in [2.75, 3.05) is 7.11 Å². The molecule has 4 nitrogen and oxygen atoms in total. The van der Waals surface area contributed by atoms with Crippen LogP contribution in [0.4, 0.5) is 0 Å². The molecule has 3 rings (SSSR count). The number of rotatable bonds is 3. The first kappa shape index (κ1) is 11.5. The second kappa shape index (κ2) is 4.57. The Morgan fingerprint density at radius 2 is 2.05 bits per heavy atom. The van der Waals surface area contributed by atoms with Crippen LogP contribution in [0.3, 0.4) is 0 Å². The van der Waals surface area contributed by atoms with Gasteiger partial charge in [-0.1, -0.05) is 18.2 Å². The van der Waals surface area contributed by atoms with Crippen LogP contribution in [-0.4, -0.2) is 17.9 Å². The predicted octanol–water partition coefficient (Wildman–Crippen LogP) is 3.07. The quantitative estimate of drug-likeness (QED) is 0.673. The van der Waals surface area contributed by atoms with Gasteiger partial charge in [-0.05, 0) is 18.2 Å². The van der Waals surface area contributed by atoms with E-state index in [0.29, 0.717) is 16.9 Å². The van der Waals surface area contributed by atoms with Crippen LogP contribution in [0.1, 0.15) is 16.1 Å². The molecular weight excluding hydrogens is 242 g/mol. The first-order valence-corrected chi connectivity index (χ1v) is 5.81. The molecule has 2 heterocycles. The fraction of sp³-hybridized carbons (Fsp3) is 0.0667. The van der Waals surface area contributed by atoms with Crippen LogP contribution in [-0.2, 0) is 0 Å². The molecule has 0 saturated heterocycles. The third kappa shape index (κ3) is 1.87. The SMILES string of the molecule is COc1cccnc1C(=O)c1coc2ccccc12. The van der Waals surface area contributed by atoms with Crippen molar-refractivity contribution in [3.05, 3.63) is 60.1 Å². The lowest BCUT2D eigenvalue weighted by molar-refractivity contribution is 0.103. The molecule has 1 aromatic carbocycles. The molecule has 0 aliphatic carbocycles. The van der Waals surface area contributed by atoms with Crippen molar-refractivity contribution >= 4 is 16.8 Å². The Morgan fingerprint density at radius 3 is 2.89 bits per heavy atom. The van der Waals surface area contributed by atoms with Crippen LogP contribution in [0.15, 0.2) is 53.3 Å². The summed E-state index contributed by atoms with van der Waals surface area (Å²) in [5.41, 5.74) is 1.46. The third-order valence-electron chi connectivity index (χ3n) is 2.93. The summed E-state index contributed by atoms with van der Waals surface area (Å²) >= 11 is 0. The van der Waals surface area contributed by atoms with E-state index in [0.717, 1.165) is 5.39 Å². The summed E-state index contributed by atoms with van der Waals surface area (Å²) in [7, 11) is 1.52. The Kier molecular flexibility index (Phi) is 2.76. The topological polar surface area (TPSA) is 52.3 Å². The minimum absolute atomic E-state index is 0.206. The number of furan rings is 1. The van der Waals surface area contributed by atoms with Gasteiger partial charge < -0.3 is 9.15 Å². The van der Waals surface area contributed by atoms with Gasteiger partial charge in [0.15, 0.2) is 5.69 Å². The second-order valence-electron chi connectivity index (χ2n) is 4.03. The van der Waals surface area contributed by atoms with E-state index in [1.54, 1.807) is 18.3 Å². The van der Waals surface area contributed by atoms with E-state index in [-0.39, 0.29) is 11.5 Å². The van der Waals surface area contributed by atoms with E-state index in [4.69, 9.17) is 9.15 Å². The molecule has 0 N–H and O–H groups in total. The molecule has 0 aliphatic heterocycles. The number of para-hydroxylation sites is 1. The van der Waals surface area contributed by atoms with Crippen molar-refractivity contribution in [3.8, 4) is 5.75 Å². The maximum atomic E-state index is 12.5. The van der Waals surface area contributed by atoms with Gasteiger partial charge in [0, 0.05) is 11.6 Å². The summed E-state index contributed by atoms with van der Waals surface area (Å²) in [5, 5.41) is 0.778. The van der Waals surface area contributed by atoms with E-state index >= 15 is 0 Å². The first-order valence-electron chi connectivity index (χ1n) is 5.81. The maximum absolute atomic E-state index is 12.5. The van der Waals surface area contributed by atoms with Gasteiger partial charge in [0.1, 0.15) is 17.6 Å². The van der Waals surface area contributed by atoms with Crippen LogP contribution in [0.5, 0.6) is 5.75 Å². The highest BCUT2D eigenvalue weighted by Crippen LogP contribution is 2.25. The number of carbonyl (C=O) groups excluding carboxylic acids is 1. The fourth-order valence-electron chi connectivity index (χ4n) is 2.01. The van der Waals surface area contributed by atoms with Gasteiger partial charge in [0.05, 0.1) is 12.7 Å². The van der Waals surface area contributed by atoms with Crippen molar-refractivity contribution < 1.29 is 13.9 Å². The number of carbonyl (C=O) groups is 1. The molecule has 0 atom stereocenters. The molecule has 0 radical (unpaired) electrons. The first-order chi connectivity index (χ1) is 9.31. The van der Waals surface area contributed by atoms with Crippen LogP contribution in [0, 0.1) is 0 Å². The normalized spacial score (nSPS) is 10.6. The third-order valence-corrected chi connectivity index (χ3v) is 2.93. The number of ether oxygens (including phenoxy) is 1. The fourth-order valence-corrected chi connectivity index (χ4v) is 2.01. The van der Waals surface area contributed by atoms with Gasteiger partial charge >= 0.3 is 0 Å². The van der Waals surface area contributed by atoms with Crippen molar-refractivity contribution in [1.82, 2.24) is 4.98 Å². The van der Waals surface area contributed by atoms with Gasteiger partial charge in [0.2, 0.25) is 5.78 Å². The van der Waals surface area contributed by atoms with Gasteiger partial charge in [-0.2, -0.15) is 0 Å². The number of nitrogens with zero attached hydrogens (tertiary/aromatic N) is 1. The second-order valence-corrected chi connectivity index (χ2v) is 4.03. The Balaban J connectivity index is 2.14. The number of pyridine rings is 1. The van der Waals surface area contributed by atoms with Crippen LogP contribution in [0.2, 0.25) is 0 Å². The number of methoxy groups -OCH3 is 1. The van der Waals surface area contributed by atoms with E-state index in [1.807, 2.05) is 24.3 Å². The van der Waals surface area contributed by atoms with Crippen LogP contribution < -0.4 is 4.74 Å². The average Bonchev–Trinajstić information content (AvgIpc) is 2.90. The van der Waals surface area contributed by atoms with Gasteiger partial charge in [0.25, 0.3) is 0 Å². The summed E-state index contributed by atoms with van der Waals surface area (Å²) in [6.45, 7) is 0. The number of benzene rings is 1. The molecule has 0 bridgehead atoms. The zero-order valence-electron chi connectivity index (χ0n) is 10.3. The molecule has 0 aliphatic rings. The Hall–Kier alpha value is -2.62. The van der Waals surface area contributed by atoms with Gasteiger partial charge in [-0.25, -0.2) is 4.98 Å². The number of hydrogen-bond donors (Lipinski definition) is 0. The monoisotopic (exact) mass is 253 g/mol. The highest BCUT2D eigenvalue weighted by Gasteiger charge is 2.19. The summed E-state index contributed by atoms with van der Waals surface area (Å²) in [6.07, 6.45) is 3.03. The predicted molar refractivity (Wildman–Crippen MR) is 70.4 cm³/mol. The minimum Gasteiger partial charge on any atom is -0.494 e. The van der Waals surface area contributed by atoms with E-state index in [1.165, 1.54) is 13.4 Å². The van der Waals surface area contributed by atoms with E-state index in [2.05, 4.69) is 4.98 Å². The lowest BCUT2D eigenvalue weighted by Gasteiger charge is -2.04.